The maximum absolute atomic E-state index is 9.99. The number of aromatic nitrogens is 2. The molecule has 0 aliphatic rings. The van der Waals surface area contributed by atoms with Crippen LogP contribution < -0.4 is 4.74 Å². The van der Waals surface area contributed by atoms with Gasteiger partial charge in [-0.2, -0.15) is 5.10 Å². The number of aliphatic hydroxyl groups excluding tert-OH is 1. The highest BCUT2D eigenvalue weighted by Crippen LogP contribution is 2.32. The summed E-state index contributed by atoms with van der Waals surface area (Å²) in [5.74, 6) is 1.86. The third-order valence-electron chi connectivity index (χ3n) is 4.69. The summed E-state index contributed by atoms with van der Waals surface area (Å²) in [5.41, 5.74) is 2.85. The van der Waals surface area contributed by atoms with E-state index in [1.54, 1.807) is 0 Å². The minimum atomic E-state index is -0.408. The first-order valence-electron chi connectivity index (χ1n) is 10.3. The van der Waals surface area contributed by atoms with Crippen LogP contribution in [0.4, 0.5) is 0 Å². The van der Waals surface area contributed by atoms with Crippen molar-refractivity contribution in [2.45, 2.75) is 40.3 Å². The first-order chi connectivity index (χ1) is 14.3. The van der Waals surface area contributed by atoms with E-state index in [4.69, 9.17) is 21.4 Å². The molecule has 0 radical (unpaired) electrons. The minimum Gasteiger partial charge on any atom is -0.439 e. The second kappa shape index (κ2) is 10.1. The zero-order valence-corrected chi connectivity index (χ0v) is 18.8. The quantitative estimate of drug-likeness (QED) is 0.492. The van der Waals surface area contributed by atoms with E-state index in [1.165, 1.54) is 0 Å². The molecule has 5 nitrogen and oxygen atoms in total. The number of hydrogen-bond donors (Lipinski definition) is 1. The van der Waals surface area contributed by atoms with Gasteiger partial charge in [0.05, 0.1) is 23.0 Å². The van der Waals surface area contributed by atoms with Crippen LogP contribution >= 0.6 is 11.6 Å². The zero-order valence-electron chi connectivity index (χ0n) is 18.0. The Morgan fingerprint density at radius 2 is 1.70 bits per heavy atom. The summed E-state index contributed by atoms with van der Waals surface area (Å²) in [5, 5.41) is 15.4. The molecule has 0 saturated heterocycles. The molecular formula is C24H30ClN3O2. The fourth-order valence-electron chi connectivity index (χ4n) is 3.50. The molecule has 0 fully saturated rings. The van der Waals surface area contributed by atoms with Crippen LogP contribution in [0.25, 0.3) is 5.69 Å². The summed E-state index contributed by atoms with van der Waals surface area (Å²) in [7, 11) is 0. The van der Waals surface area contributed by atoms with Gasteiger partial charge in [-0.25, -0.2) is 4.68 Å². The van der Waals surface area contributed by atoms with E-state index in [1.807, 2.05) is 73.1 Å². The number of hydrogen-bond acceptors (Lipinski definition) is 4. The van der Waals surface area contributed by atoms with Crippen molar-refractivity contribution in [1.29, 1.82) is 0 Å². The molecule has 6 heteroatoms. The highest BCUT2D eigenvalue weighted by Gasteiger charge is 2.22. The molecule has 0 aliphatic heterocycles. The van der Waals surface area contributed by atoms with Crippen molar-refractivity contribution in [2.75, 3.05) is 13.1 Å². The summed E-state index contributed by atoms with van der Waals surface area (Å²) < 4.78 is 8.18. The lowest BCUT2D eigenvalue weighted by atomic mass is 10.1. The average molecular weight is 428 g/mol. The molecule has 160 valence electrons. The predicted octanol–water partition coefficient (Wildman–Crippen LogP) is 5.47. The third-order valence-corrected chi connectivity index (χ3v) is 4.95. The van der Waals surface area contributed by atoms with E-state index in [2.05, 4.69) is 18.7 Å². The van der Waals surface area contributed by atoms with Crippen molar-refractivity contribution < 1.29 is 9.84 Å². The Hall–Kier alpha value is -2.34. The molecule has 3 aromatic rings. The van der Waals surface area contributed by atoms with Crippen LogP contribution in [0.5, 0.6) is 11.6 Å². The van der Waals surface area contributed by atoms with Crippen molar-refractivity contribution in [2.24, 2.45) is 5.92 Å². The van der Waals surface area contributed by atoms with Gasteiger partial charge in [-0.15, -0.1) is 0 Å². The fraction of sp³-hybridized carbons (Fsp3) is 0.375. The first kappa shape index (κ1) is 22.3. The van der Waals surface area contributed by atoms with E-state index in [-0.39, 0.29) is 0 Å². The Morgan fingerprint density at radius 3 is 2.30 bits per heavy atom. The van der Waals surface area contributed by atoms with Crippen LogP contribution in [0.15, 0.2) is 54.6 Å². The van der Waals surface area contributed by atoms with Crippen molar-refractivity contribution in [3.8, 4) is 17.3 Å². The molecule has 1 heterocycles. The molecule has 0 bridgehead atoms. The Morgan fingerprint density at radius 1 is 1.03 bits per heavy atom. The predicted molar refractivity (Wildman–Crippen MR) is 122 cm³/mol. The summed E-state index contributed by atoms with van der Waals surface area (Å²) in [4.78, 5) is 2.25. The normalized spacial score (nSPS) is 12.5. The maximum atomic E-state index is 9.99. The minimum absolute atomic E-state index is 0.408. The van der Waals surface area contributed by atoms with Crippen molar-refractivity contribution in [3.63, 3.8) is 0 Å². The van der Waals surface area contributed by atoms with Crippen molar-refractivity contribution >= 4 is 11.6 Å². The van der Waals surface area contributed by atoms with E-state index in [9.17, 15) is 5.11 Å². The third kappa shape index (κ3) is 5.85. The van der Waals surface area contributed by atoms with Gasteiger partial charge in [-0.1, -0.05) is 43.6 Å². The number of nitrogens with zero attached hydrogens (tertiary/aromatic N) is 3. The van der Waals surface area contributed by atoms with Crippen molar-refractivity contribution in [1.82, 2.24) is 14.7 Å². The van der Waals surface area contributed by atoms with Gasteiger partial charge in [0.15, 0.2) is 0 Å². The Kier molecular flexibility index (Phi) is 7.53. The summed E-state index contributed by atoms with van der Waals surface area (Å²) in [6.45, 7) is 10.3. The summed E-state index contributed by atoms with van der Waals surface area (Å²) >= 11 is 6.04. The van der Waals surface area contributed by atoms with E-state index >= 15 is 0 Å². The Balaban J connectivity index is 2.02. The molecular weight excluding hydrogens is 398 g/mol. The van der Waals surface area contributed by atoms with Gasteiger partial charge >= 0.3 is 0 Å². The molecule has 1 N–H and O–H groups in total. The summed E-state index contributed by atoms with van der Waals surface area (Å²) in [6.07, 6.45) is -0.408. The molecule has 1 atom stereocenters. The Labute approximate surface area is 183 Å². The lowest BCUT2D eigenvalue weighted by molar-refractivity contribution is 0.114. The molecule has 0 aliphatic carbocycles. The number of aliphatic hydroxyl groups is 1. The molecule has 1 aromatic heterocycles. The van der Waals surface area contributed by atoms with Crippen LogP contribution in [0.2, 0.25) is 5.02 Å². The monoisotopic (exact) mass is 427 g/mol. The highest BCUT2D eigenvalue weighted by molar-refractivity contribution is 6.30. The van der Waals surface area contributed by atoms with Gasteiger partial charge in [0.2, 0.25) is 5.88 Å². The topological polar surface area (TPSA) is 50.5 Å². The maximum Gasteiger partial charge on any atom is 0.227 e. The smallest absolute Gasteiger partial charge is 0.227 e. The second-order valence-corrected chi connectivity index (χ2v) is 8.55. The van der Waals surface area contributed by atoms with Crippen LogP contribution in [-0.4, -0.2) is 39.0 Å². The number of benzene rings is 2. The average Bonchev–Trinajstić information content (AvgIpc) is 2.99. The van der Waals surface area contributed by atoms with Gasteiger partial charge in [0.25, 0.3) is 0 Å². The van der Waals surface area contributed by atoms with Crippen LogP contribution in [-0.2, 0) is 6.54 Å². The van der Waals surface area contributed by atoms with Crippen LogP contribution in [0.3, 0.4) is 0 Å². The van der Waals surface area contributed by atoms with Gasteiger partial charge in [-0.3, -0.25) is 4.90 Å². The molecule has 3 rings (SSSR count). The molecule has 2 aromatic carbocycles. The highest BCUT2D eigenvalue weighted by atomic mass is 35.5. The van der Waals surface area contributed by atoms with Gasteiger partial charge in [0.1, 0.15) is 5.75 Å². The lowest BCUT2D eigenvalue weighted by Gasteiger charge is -2.26. The van der Waals surface area contributed by atoms with E-state index < -0.39 is 6.10 Å². The van der Waals surface area contributed by atoms with Gasteiger partial charge in [-0.05, 0) is 56.2 Å². The second-order valence-electron chi connectivity index (χ2n) is 8.11. The first-order valence-corrected chi connectivity index (χ1v) is 10.7. The number of aryl methyl sites for hydroxylation is 1. The number of para-hydroxylation sites is 1. The molecule has 0 amide bonds. The zero-order chi connectivity index (χ0) is 21.7. The standard InChI is InChI=1S/C24H30ClN3O2/c1-17(2)14-27(15-18(3)29)16-23-19(4)26-28(21-8-6-5-7-9-21)24(23)30-22-12-10-20(25)11-13-22/h5-13,17-18,29H,14-16H2,1-4H3. The lowest BCUT2D eigenvalue weighted by Crippen LogP contribution is -2.33. The SMILES string of the molecule is Cc1nn(-c2ccccc2)c(Oc2ccc(Cl)cc2)c1CN(CC(C)C)CC(C)O. The molecule has 0 saturated carbocycles. The van der Waals surface area contributed by atoms with E-state index in [0.29, 0.717) is 35.7 Å². The number of halogens is 1. The van der Waals surface area contributed by atoms with Crippen LogP contribution in [0, 0.1) is 12.8 Å². The Bertz CT molecular complexity index is 927. The van der Waals surface area contributed by atoms with Crippen LogP contribution in [0.1, 0.15) is 32.0 Å². The number of ether oxygens (including phenoxy) is 1. The largest absolute Gasteiger partial charge is 0.439 e. The fourth-order valence-corrected chi connectivity index (χ4v) is 3.63. The molecule has 30 heavy (non-hydrogen) atoms. The molecule has 1 unspecified atom stereocenters. The van der Waals surface area contributed by atoms with E-state index in [0.717, 1.165) is 23.5 Å². The summed E-state index contributed by atoms with van der Waals surface area (Å²) in [6, 6.07) is 17.3. The number of rotatable bonds is 9. The van der Waals surface area contributed by atoms with Gasteiger partial charge < -0.3 is 9.84 Å². The van der Waals surface area contributed by atoms with Crippen molar-refractivity contribution in [3.05, 3.63) is 70.9 Å². The molecule has 0 spiro atoms. The van der Waals surface area contributed by atoms with Gasteiger partial charge in [0, 0.05) is 24.7 Å².